The number of nitrogens with two attached hydrogens (primary N) is 6. The largest absolute Gasteiger partial charge is 0.330 e. The van der Waals surface area contributed by atoms with E-state index in [0.717, 1.165) is 58.0 Å². The minimum atomic E-state index is 0.470. The molecule has 0 aromatic heterocycles. The maximum absolute atomic E-state index is 6.11. The molecule has 0 aliphatic carbocycles. The Bertz CT molecular complexity index is 290. The van der Waals surface area contributed by atoms with Crippen molar-refractivity contribution < 1.29 is 0 Å². The van der Waals surface area contributed by atoms with Crippen molar-refractivity contribution in [3.8, 4) is 0 Å². The van der Waals surface area contributed by atoms with Gasteiger partial charge in [0.1, 0.15) is 0 Å². The highest BCUT2D eigenvalue weighted by Crippen LogP contribution is 2.28. The highest BCUT2D eigenvalue weighted by Gasteiger charge is 2.23. The monoisotopic (exact) mass is 386 g/mol. The topological polar surface area (TPSA) is 156 Å². The molecular formula is C21H50N6. The summed E-state index contributed by atoms with van der Waals surface area (Å²) in [4.78, 5) is 0. The highest BCUT2D eigenvalue weighted by molar-refractivity contribution is 4.77. The molecule has 6 heteroatoms. The van der Waals surface area contributed by atoms with Gasteiger partial charge in [-0.05, 0) is 107 Å². The van der Waals surface area contributed by atoms with Crippen molar-refractivity contribution in [2.45, 2.75) is 58.8 Å². The zero-order chi connectivity index (χ0) is 20.7. The summed E-state index contributed by atoms with van der Waals surface area (Å²) in [6, 6.07) is 0. The molecule has 27 heavy (non-hydrogen) atoms. The Morgan fingerprint density at radius 1 is 0.370 bits per heavy atom. The molecule has 0 aliphatic heterocycles. The van der Waals surface area contributed by atoms with Crippen molar-refractivity contribution >= 4 is 0 Å². The molecule has 0 amide bonds. The van der Waals surface area contributed by atoms with E-state index in [1.807, 2.05) is 0 Å². The van der Waals surface area contributed by atoms with E-state index in [4.69, 9.17) is 34.4 Å². The van der Waals surface area contributed by atoms with E-state index in [-0.39, 0.29) is 0 Å². The fraction of sp³-hybridized carbons (Fsp3) is 1.00. The third-order valence-corrected chi connectivity index (χ3v) is 6.49. The Morgan fingerprint density at radius 3 is 0.704 bits per heavy atom. The predicted molar refractivity (Wildman–Crippen MR) is 119 cm³/mol. The van der Waals surface area contributed by atoms with Gasteiger partial charge in [0.25, 0.3) is 0 Å². The Morgan fingerprint density at radius 2 is 0.556 bits per heavy atom. The SMILES string of the molecule is CCC(CN)CC(CN)CC(CN)CC(CN)CC(CN)CC(CC)CN. The van der Waals surface area contributed by atoms with Crippen LogP contribution in [-0.2, 0) is 0 Å². The fourth-order valence-corrected chi connectivity index (χ4v) is 4.37. The second kappa shape index (κ2) is 16.7. The van der Waals surface area contributed by atoms with E-state index in [9.17, 15) is 0 Å². The molecule has 164 valence electrons. The van der Waals surface area contributed by atoms with Gasteiger partial charge in [-0.25, -0.2) is 0 Å². The van der Waals surface area contributed by atoms with Crippen LogP contribution in [0.3, 0.4) is 0 Å². The molecule has 12 N–H and O–H groups in total. The molecule has 0 aromatic carbocycles. The summed E-state index contributed by atoms with van der Waals surface area (Å²) in [6.07, 6.45) is 7.66. The van der Waals surface area contributed by atoms with Crippen LogP contribution in [0.4, 0.5) is 0 Å². The predicted octanol–water partition coefficient (Wildman–Crippen LogP) is 1.21. The van der Waals surface area contributed by atoms with Crippen molar-refractivity contribution in [1.82, 2.24) is 0 Å². The molecular weight excluding hydrogens is 336 g/mol. The Kier molecular flexibility index (Phi) is 16.5. The van der Waals surface area contributed by atoms with Gasteiger partial charge in [0.2, 0.25) is 0 Å². The molecule has 0 heterocycles. The minimum absolute atomic E-state index is 0.470. The number of hydrogen-bond donors (Lipinski definition) is 6. The van der Waals surface area contributed by atoms with Gasteiger partial charge in [-0.2, -0.15) is 0 Å². The van der Waals surface area contributed by atoms with E-state index < -0.39 is 0 Å². The van der Waals surface area contributed by atoms with Crippen molar-refractivity contribution in [3.63, 3.8) is 0 Å². The van der Waals surface area contributed by atoms with Crippen LogP contribution < -0.4 is 34.4 Å². The van der Waals surface area contributed by atoms with Crippen LogP contribution in [0.2, 0.25) is 0 Å². The van der Waals surface area contributed by atoms with Crippen molar-refractivity contribution in [2.75, 3.05) is 39.3 Å². The summed E-state index contributed by atoms with van der Waals surface area (Å²) in [6.45, 7) is 8.69. The molecule has 0 spiro atoms. The molecule has 0 aliphatic rings. The lowest BCUT2D eigenvalue weighted by atomic mass is 9.79. The van der Waals surface area contributed by atoms with Crippen molar-refractivity contribution in [2.24, 2.45) is 69.9 Å². The van der Waals surface area contributed by atoms with Gasteiger partial charge in [0.05, 0.1) is 0 Å². The maximum atomic E-state index is 6.11. The summed E-state index contributed by atoms with van der Waals surface area (Å²) >= 11 is 0. The second-order valence-corrected chi connectivity index (χ2v) is 8.61. The lowest BCUT2D eigenvalue weighted by Crippen LogP contribution is -2.31. The van der Waals surface area contributed by atoms with Gasteiger partial charge < -0.3 is 34.4 Å². The molecule has 0 saturated carbocycles. The average Bonchev–Trinajstić information content (AvgIpc) is 2.71. The molecule has 6 unspecified atom stereocenters. The van der Waals surface area contributed by atoms with Gasteiger partial charge >= 0.3 is 0 Å². The molecule has 6 nitrogen and oxygen atoms in total. The van der Waals surface area contributed by atoms with Crippen LogP contribution in [0.5, 0.6) is 0 Å². The zero-order valence-corrected chi connectivity index (χ0v) is 18.1. The van der Waals surface area contributed by atoms with E-state index >= 15 is 0 Å². The van der Waals surface area contributed by atoms with Crippen LogP contribution in [0, 0.1) is 35.5 Å². The van der Waals surface area contributed by atoms with Gasteiger partial charge in [0, 0.05) is 0 Å². The lowest BCUT2D eigenvalue weighted by molar-refractivity contribution is 0.243. The van der Waals surface area contributed by atoms with Crippen molar-refractivity contribution in [3.05, 3.63) is 0 Å². The first-order chi connectivity index (χ1) is 13.0. The summed E-state index contributed by atoms with van der Waals surface area (Å²) in [5.74, 6) is 3.06. The average molecular weight is 387 g/mol. The first-order valence-corrected chi connectivity index (χ1v) is 11.2. The van der Waals surface area contributed by atoms with Gasteiger partial charge in [-0.15, -0.1) is 0 Å². The summed E-state index contributed by atoms with van der Waals surface area (Å²) in [7, 11) is 0. The summed E-state index contributed by atoms with van der Waals surface area (Å²) < 4.78 is 0. The normalized spacial score (nSPS) is 18.7. The van der Waals surface area contributed by atoms with Gasteiger partial charge in [-0.3, -0.25) is 0 Å². The molecule has 0 bridgehead atoms. The minimum Gasteiger partial charge on any atom is -0.330 e. The van der Waals surface area contributed by atoms with Crippen molar-refractivity contribution in [1.29, 1.82) is 0 Å². The highest BCUT2D eigenvalue weighted by atomic mass is 14.6. The lowest BCUT2D eigenvalue weighted by Gasteiger charge is -2.29. The summed E-state index contributed by atoms with van der Waals surface area (Å²) in [5.41, 5.74) is 36.1. The van der Waals surface area contributed by atoms with E-state index in [1.165, 1.54) is 0 Å². The van der Waals surface area contributed by atoms with Gasteiger partial charge in [-0.1, -0.05) is 26.7 Å². The quantitative estimate of drug-likeness (QED) is 0.208. The van der Waals surface area contributed by atoms with Crippen LogP contribution in [0.15, 0.2) is 0 Å². The van der Waals surface area contributed by atoms with Crippen LogP contribution >= 0.6 is 0 Å². The third kappa shape index (κ3) is 11.4. The first kappa shape index (κ1) is 26.8. The maximum Gasteiger partial charge on any atom is -0.00486 e. The van der Waals surface area contributed by atoms with Crippen LogP contribution in [0.25, 0.3) is 0 Å². The van der Waals surface area contributed by atoms with Crippen LogP contribution in [0.1, 0.15) is 58.8 Å². The molecule has 6 atom stereocenters. The number of hydrogen-bond acceptors (Lipinski definition) is 6. The molecule has 0 fully saturated rings. The Balaban J connectivity index is 4.71. The second-order valence-electron chi connectivity index (χ2n) is 8.61. The first-order valence-electron chi connectivity index (χ1n) is 11.2. The zero-order valence-electron chi connectivity index (χ0n) is 18.1. The van der Waals surface area contributed by atoms with Crippen LogP contribution in [-0.4, -0.2) is 39.3 Å². The van der Waals surface area contributed by atoms with E-state index in [0.29, 0.717) is 61.7 Å². The molecule has 0 rings (SSSR count). The Labute approximate surface area is 168 Å². The third-order valence-electron chi connectivity index (χ3n) is 6.49. The van der Waals surface area contributed by atoms with E-state index in [2.05, 4.69) is 13.8 Å². The summed E-state index contributed by atoms with van der Waals surface area (Å²) in [5, 5.41) is 0. The van der Waals surface area contributed by atoms with E-state index in [1.54, 1.807) is 0 Å². The Hall–Kier alpha value is -0.240. The smallest absolute Gasteiger partial charge is 0.00486 e. The fourth-order valence-electron chi connectivity index (χ4n) is 4.37. The number of rotatable bonds is 18. The molecule has 0 radical (unpaired) electrons. The molecule has 0 saturated heterocycles. The van der Waals surface area contributed by atoms with Gasteiger partial charge in [0.15, 0.2) is 0 Å². The molecule has 0 aromatic rings. The standard InChI is InChI=1S/C21H50N6/c1-3-16(10-22)5-18(12-24)7-20(14-26)9-21(15-27)8-19(13-25)6-17(4-2)11-23/h16-21H,3-15,22-27H2,1-2H3.